The van der Waals surface area contributed by atoms with Crippen LogP contribution in [0, 0.1) is 13.7 Å². The third-order valence-corrected chi connectivity index (χ3v) is 3.04. The first-order valence-corrected chi connectivity index (χ1v) is 6.97. The van der Waals surface area contributed by atoms with E-state index in [4.69, 9.17) is 9.47 Å². The van der Waals surface area contributed by atoms with Crippen molar-refractivity contribution in [2.24, 2.45) is 0 Å². The van der Waals surface area contributed by atoms with E-state index < -0.39 is 0 Å². The first-order chi connectivity index (χ1) is 9.15. The van der Waals surface area contributed by atoms with Gasteiger partial charge in [-0.15, -0.1) is 0 Å². The molecule has 1 N–H and O–H groups in total. The number of nitrogens with zero attached hydrogens (tertiary/aromatic N) is 1. The van der Waals surface area contributed by atoms with Gasteiger partial charge in [0.15, 0.2) is 0 Å². The molecule has 7 heteroatoms. The van der Waals surface area contributed by atoms with E-state index in [0.29, 0.717) is 32.1 Å². The van der Waals surface area contributed by atoms with Gasteiger partial charge in [0.2, 0.25) is 0 Å². The summed E-state index contributed by atoms with van der Waals surface area (Å²) in [6.07, 6.45) is 0.785. The first kappa shape index (κ1) is 16.1. The standard InChI is InChI=1S/C12H17IN2O4/c1-18-7-8-19-6-2-5-14-11-4-3-10(13)9-12(11)15(16)17/h3-4,9,14H,2,5-8H2,1H3. The number of nitro benzene ring substituents is 1. The van der Waals surface area contributed by atoms with Crippen molar-refractivity contribution in [3.63, 3.8) is 0 Å². The molecule has 1 aromatic carbocycles. The van der Waals surface area contributed by atoms with Gasteiger partial charge in [0.1, 0.15) is 5.69 Å². The topological polar surface area (TPSA) is 73.6 Å². The van der Waals surface area contributed by atoms with Crippen LogP contribution in [0.4, 0.5) is 11.4 Å². The summed E-state index contributed by atoms with van der Waals surface area (Å²) < 4.78 is 11.0. The molecule has 0 aliphatic carbocycles. The molecule has 0 amide bonds. The molecule has 0 spiro atoms. The predicted octanol–water partition coefficient (Wildman–Crippen LogP) is 2.66. The fourth-order valence-corrected chi connectivity index (χ4v) is 1.92. The van der Waals surface area contributed by atoms with Crippen molar-refractivity contribution >= 4 is 34.0 Å². The molecule has 0 radical (unpaired) electrons. The summed E-state index contributed by atoms with van der Waals surface area (Å²) in [5.74, 6) is 0. The van der Waals surface area contributed by atoms with Crippen LogP contribution in [0.1, 0.15) is 6.42 Å². The van der Waals surface area contributed by atoms with Gasteiger partial charge < -0.3 is 14.8 Å². The maximum atomic E-state index is 10.9. The first-order valence-electron chi connectivity index (χ1n) is 5.89. The second kappa shape index (κ2) is 9.05. The number of hydrogen-bond donors (Lipinski definition) is 1. The average molecular weight is 380 g/mol. The van der Waals surface area contributed by atoms with Crippen LogP contribution in [0.2, 0.25) is 0 Å². The maximum Gasteiger partial charge on any atom is 0.293 e. The molecule has 0 saturated heterocycles. The smallest absolute Gasteiger partial charge is 0.293 e. The van der Waals surface area contributed by atoms with Gasteiger partial charge in [-0.2, -0.15) is 0 Å². The lowest BCUT2D eigenvalue weighted by atomic mass is 10.2. The van der Waals surface area contributed by atoms with Crippen LogP contribution < -0.4 is 5.32 Å². The Kier molecular flexibility index (Phi) is 7.68. The lowest BCUT2D eigenvalue weighted by Gasteiger charge is -2.08. The third-order valence-electron chi connectivity index (χ3n) is 2.37. The molecule has 0 aliphatic rings. The maximum absolute atomic E-state index is 10.9. The van der Waals surface area contributed by atoms with Gasteiger partial charge in [-0.1, -0.05) is 0 Å². The van der Waals surface area contributed by atoms with Crippen LogP contribution in [-0.2, 0) is 9.47 Å². The lowest BCUT2D eigenvalue weighted by Crippen LogP contribution is -2.09. The monoisotopic (exact) mass is 380 g/mol. The molecule has 1 aromatic rings. The van der Waals surface area contributed by atoms with E-state index in [-0.39, 0.29) is 10.6 Å². The summed E-state index contributed by atoms with van der Waals surface area (Å²) in [5, 5.41) is 14.0. The van der Waals surface area contributed by atoms with Crippen molar-refractivity contribution in [2.75, 3.05) is 38.8 Å². The summed E-state index contributed by atoms with van der Waals surface area (Å²) in [5.41, 5.74) is 0.648. The Morgan fingerprint density at radius 3 is 2.84 bits per heavy atom. The van der Waals surface area contributed by atoms with E-state index in [2.05, 4.69) is 27.9 Å². The largest absolute Gasteiger partial charge is 0.382 e. The van der Waals surface area contributed by atoms with E-state index in [9.17, 15) is 10.1 Å². The highest BCUT2D eigenvalue weighted by atomic mass is 127. The number of methoxy groups -OCH3 is 1. The Morgan fingerprint density at radius 2 is 2.16 bits per heavy atom. The van der Waals surface area contributed by atoms with Crippen LogP contribution in [0.15, 0.2) is 18.2 Å². The molecular weight excluding hydrogens is 363 g/mol. The molecule has 19 heavy (non-hydrogen) atoms. The quantitative estimate of drug-likeness (QED) is 0.309. The van der Waals surface area contributed by atoms with Gasteiger partial charge in [0, 0.05) is 29.9 Å². The van der Waals surface area contributed by atoms with Crippen LogP contribution in [0.5, 0.6) is 0 Å². The van der Waals surface area contributed by atoms with Crippen molar-refractivity contribution in [3.05, 3.63) is 31.9 Å². The molecule has 6 nitrogen and oxygen atoms in total. The molecule has 0 unspecified atom stereocenters. The second-order valence-corrected chi connectivity index (χ2v) is 5.05. The number of rotatable bonds is 9. The number of nitro groups is 1. The second-order valence-electron chi connectivity index (χ2n) is 3.80. The molecule has 106 valence electrons. The normalized spacial score (nSPS) is 10.4. The highest BCUT2D eigenvalue weighted by Crippen LogP contribution is 2.26. The number of benzene rings is 1. The fraction of sp³-hybridized carbons (Fsp3) is 0.500. The Bertz CT molecular complexity index is 415. The minimum absolute atomic E-state index is 0.104. The Morgan fingerprint density at radius 1 is 1.37 bits per heavy atom. The molecule has 0 heterocycles. The van der Waals surface area contributed by atoms with Crippen LogP contribution in [0.25, 0.3) is 0 Å². The average Bonchev–Trinajstić information content (AvgIpc) is 2.39. The number of ether oxygens (including phenoxy) is 2. The molecule has 1 rings (SSSR count). The zero-order valence-electron chi connectivity index (χ0n) is 10.7. The van der Waals surface area contributed by atoms with Crippen LogP contribution >= 0.6 is 22.6 Å². The fourth-order valence-electron chi connectivity index (χ4n) is 1.45. The number of anilines is 1. The molecule has 0 aliphatic heterocycles. The van der Waals surface area contributed by atoms with Gasteiger partial charge in [-0.3, -0.25) is 10.1 Å². The zero-order valence-corrected chi connectivity index (χ0v) is 12.9. The van der Waals surface area contributed by atoms with Gasteiger partial charge in [-0.25, -0.2) is 0 Å². The van der Waals surface area contributed by atoms with Crippen molar-refractivity contribution in [1.29, 1.82) is 0 Å². The summed E-state index contributed by atoms with van der Waals surface area (Å²) in [4.78, 5) is 10.5. The van der Waals surface area contributed by atoms with E-state index >= 15 is 0 Å². The zero-order chi connectivity index (χ0) is 14.1. The molecule has 0 fully saturated rings. The Hall–Kier alpha value is -0.930. The third kappa shape index (κ3) is 6.17. The van der Waals surface area contributed by atoms with Crippen molar-refractivity contribution in [2.45, 2.75) is 6.42 Å². The van der Waals surface area contributed by atoms with Gasteiger partial charge in [-0.05, 0) is 41.1 Å². The molecule has 0 aromatic heterocycles. The Labute approximate surface area is 125 Å². The lowest BCUT2D eigenvalue weighted by molar-refractivity contribution is -0.384. The van der Waals surface area contributed by atoms with Crippen LogP contribution in [-0.4, -0.2) is 38.4 Å². The van der Waals surface area contributed by atoms with E-state index in [1.807, 2.05) is 6.07 Å². The van der Waals surface area contributed by atoms with E-state index in [1.54, 1.807) is 19.2 Å². The minimum atomic E-state index is -0.375. The summed E-state index contributed by atoms with van der Waals surface area (Å²) in [6.45, 7) is 2.39. The van der Waals surface area contributed by atoms with Gasteiger partial charge in [0.05, 0.1) is 18.1 Å². The van der Waals surface area contributed by atoms with Gasteiger partial charge >= 0.3 is 0 Å². The van der Waals surface area contributed by atoms with Crippen molar-refractivity contribution < 1.29 is 14.4 Å². The molecule has 0 saturated carbocycles. The molecule has 0 bridgehead atoms. The summed E-state index contributed by atoms with van der Waals surface area (Å²) >= 11 is 2.06. The van der Waals surface area contributed by atoms with Gasteiger partial charge in [0.25, 0.3) is 5.69 Å². The SMILES string of the molecule is COCCOCCCNc1ccc(I)cc1[N+](=O)[O-]. The molecule has 0 atom stereocenters. The highest BCUT2D eigenvalue weighted by molar-refractivity contribution is 14.1. The number of nitrogens with one attached hydrogen (secondary N) is 1. The minimum Gasteiger partial charge on any atom is -0.382 e. The molecular formula is C12H17IN2O4. The van der Waals surface area contributed by atoms with E-state index in [1.165, 1.54) is 0 Å². The number of hydrogen-bond acceptors (Lipinski definition) is 5. The van der Waals surface area contributed by atoms with Crippen molar-refractivity contribution in [3.8, 4) is 0 Å². The highest BCUT2D eigenvalue weighted by Gasteiger charge is 2.13. The predicted molar refractivity (Wildman–Crippen MR) is 81.6 cm³/mol. The Balaban J connectivity index is 2.35. The summed E-state index contributed by atoms with van der Waals surface area (Å²) in [6, 6.07) is 5.12. The number of halogens is 1. The van der Waals surface area contributed by atoms with Crippen LogP contribution in [0.3, 0.4) is 0 Å². The van der Waals surface area contributed by atoms with E-state index in [0.717, 1.165) is 9.99 Å². The summed E-state index contributed by atoms with van der Waals surface area (Å²) in [7, 11) is 1.63. The van der Waals surface area contributed by atoms with Crippen molar-refractivity contribution in [1.82, 2.24) is 0 Å².